The van der Waals surface area contributed by atoms with Crippen LogP contribution in [0.25, 0.3) is 10.9 Å². The van der Waals surface area contributed by atoms with Crippen molar-refractivity contribution in [3.8, 4) is 5.75 Å². The van der Waals surface area contributed by atoms with Gasteiger partial charge in [0.25, 0.3) is 5.91 Å². The van der Waals surface area contributed by atoms with E-state index in [4.69, 9.17) is 4.74 Å². The van der Waals surface area contributed by atoms with Crippen molar-refractivity contribution < 1.29 is 9.53 Å². The Morgan fingerprint density at radius 1 is 1.14 bits per heavy atom. The van der Waals surface area contributed by atoms with Gasteiger partial charge in [-0.3, -0.25) is 4.79 Å². The lowest BCUT2D eigenvalue weighted by atomic mass is 10.2. The summed E-state index contributed by atoms with van der Waals surface area (Å²) in [7, 11) is 1.63. The van der Waals surface area contributed by atoms with Gasteiger partial charge in [-0.25, -0.2) is 0 Å². The van der Waals surface area contributed by atoms with Gasteiger partial charge < -0.3 is 15.0 Å². The maximum atomic E-state index is 12.2. The standard InChI is InChI=1S/C18H18N2O2/c1-12-3-8-16-14(9-12)10-17(20-16)18(21)19-11-13-4-6-15(22-2)7-5-13/h3-10,20H,11H2,1-2H3,(H,19,21). The van der Waals surface area contributed by atoms with E-state index in [9.17, 15) is 4.79 Å². The Hall–Kier alpha value is -2.75. The third kappa shape index (κ3) is 2.96. The van der Waals surface area contributed by atoms with Crippen LogP contribution in [0.4, 0.5) is 0 Å². The Kier molecular flexibility index (Phi) is 3.83. The fourth-order valence-electron chi connectivity index (χ4n) is 2.40. The van der Waals surface area contributed by atoms with E-state index < -0.39 is 0 Å². The fraction of sp³-hybridized carbons (Fsp3) is 0.167. The summed E-state index contributed by atoms with van der Waals surface area (Å²) in [6.45, 7) is 2.52. The van der Waals surface area contributed by atoms with Crippen LogP contribution in [0.15, 0.2) is 48.5 Å². The number of ether oxygens (including phenoxy) is 1. The molecule has 1 heterocycles. The molecule has 0 unspecified atom stereocenters. The fourth-order valence-corrected chi connectivity index (χ4v) is 2.40. The summed E-state index contributed by atoms with van der Waals surface area (Å²) >= 11 is 0. The molecule has 0 saturated carbocycles. The minimum Gasteiger partial charge on any atom is -0.497 e. The molecule has 4 heteroatoms. The second kappa shape index (κ2) is 5.93. The van der Waals surface area contributed by atoms with E-state index >= 15 is 0 Å². The molecule has 112 valence electrons. The van der Waals surface area contributed by atoms with E-state index in [0.29, 0.717) is 12.2 Å². The molecular weight excluding hydrogens is 276 g/mol. The van der Waals surface area contributed by atoms with Gasteiger partial charge in [0.05, 0.1) is 7.11 Å². The van der Waals surface area contributed by atoms with Crippen molar-refractivity contribution in [3.05, 3.63) is 65.4 Å². The van der Waals surface area contributed by atoms with Crippen molar-refractivity contribution in [1.29, 1.82) is 0 Å². The molecule has 3 aromatic rings. The lowest BCUT2D eigenvalue weighted by Gasteiger charge is -2.05. The number of hydrogen-bond donors (Lipinski definition) is 2. The van der Waals surface area contributed by atoms with Gasteiger partial charge in [0.2, 0.25) is 0 Å². The molecule has 1 amide bonds. The third-order valence-corrected chi connectivity index (χ3v) is 3.63. The predicted molar refractivity (Wildman–Crippen MR) is 87.2 cm³/mol. The normalized spacial score (nSPS) is 10.6. The second-order valence-corrected chi connectivity index (χ2v) is 5.30. The molecule has 2 aromatic carbocycles. The number of carbonyl (C=O) groups excluding carboxylic acids is 1. The van der Waals surface area contributed by atoms with Crippen LogP contribution in [0.2, 0.25) is 0 Å². The Balaban J connectivity index is 1.69. The van der Waals surface area contributed by atoms with Gasteiger partial charge in [-0.05, 0) is 42.8 Å². The maximum absolute atomic E-state index is 12.2. The van der Waals surface area contributed by atoms with Crippen LogP contribution in [0.3, 0.4) is 0 Å². The molecule has 0 saturated heterocycles. The van der Waals surface area contributed by atoms with Crippen LogP contribution in [0.5, 0.6) is 5.75 Å². The summed E-state index contributed by atoms with van der Waals surface area (Å²) in [5.74, 6) is 0.700. The molecule has 4 nitrogen and oxygen atoms in total. The van der Waals surface area contributed by atoms with Crippen LogP contribution in [0, 0.1) is 6.92 Å². The van der Waals surface area contributed by atoms with E-state index in [1.165, 1.54) is 5.56 Å². The van der Waals surface area contributed by atoms with Gasteiger partial charge in [-0.2, -0.15) is 0 Å². The molecule has 0 aliphatic carbocycles. The Labute approximate surface area is 129 Å². The summed E-state index contributed by atoms with van der Waals surface area (Å²) < 4.78 is 5.12. The molecule has 22 heavy (non-hydrogen) atoms. The minimum absolute atomic E-state index is 0.107. The highest BCUT2D eigenvalue weighted by molar-refractivity contribution is 5.98. The molecule has 0 fully saturated rings. The van der Waals surface area contributed by atoms with E-state index in [2.05, 4.69) is 16.4 Å². The third-order valence-electron chi connectivity index (χ3n) is 3.63. The second-order valence-electron chi connectivity index (χ2n) is 5.30. The number of fused-ring (bicyclic) bond motifs is 1. The number of H-pyrrole nitrogens is 1. The van der Waals surface area contributed by atoms with Gasteiger partial charge in [-0.1, -0.05) is 23.8 Å². The predicted octanol–water partition coefficient (Wildman–Crippen LogP) is 3.41. The molecule has 0 aliphatic rings. The highest BCUT2D eigenvalue weighted by Gasteiger charge is 2.09. The zero-order valence-electron chi connectivity index (χ0n) is 12.6. The first-order valence-corrected chi connectivity index (χ1v) is 7.16. The van der Waals surface area contributed by atoms with Crippen LogP contribution in [-0.2, 0) is 6.54 Å². The number of methoxy groups -OCH3 is 1. The number of aromatic amines is 1. The Morgan fingerprint density at radius 2 is 1.91 bits per heavy atom. The average Bonchev–Trinajstić information content (AvgIpc) is 2.96. The summed E-state index contributed by atoms with van der Waals surface area (Å²) in [6.07, 6.45) is 0. The number of aryl methyl sites for hydroxylation is 1. The molecule has 0 spiro atoms. The average molecular weight is 294 g/mol. The molecule has 3 rings (SSSR count). The Morgan fingerprint density at radius 3 is 2.64 bits per heavy atom. The molecule has 0 radical (unpaired) electrons. The lowest BCUT2D eigenvalue weighted by Crippen LogP contribution is -2.22. The number of benzene rings is 2. The van der Waals surface area contributed by atoms with Gasteiger partial charge in [-0.15, -0.1) is 0 Å². The van der Waals surface area contributed by atoms with E-state index in [0.717, 1.165) is 22.2 Å². The van der Waals surface area contributed by atoms with Gasteiger partial charge in [0.15, 0.2) is 0 Å². The molecule has 2 N–H and O–H groups in total. The first-order chi connectivity index (χ1) is 10.7. The lowest BCUT2D eigenvalue weighted by molar-refractivity contribution is 0.0947. The van der Waals surface area contributed by atoms with Crippen LogP contribution in [-0.4, -0.2) is 18.0 Å². The number of carbonyl (C=O) groups is 1. The smallest absolute Gasteiger partial charge is 0.267 e. The van der Waals surface area contributed by atoms with Crippen molar-refractivity contribution in [2.45, 2.75) is 13.5 Å². The number of hydrogen-bond acceptors (Lipinski definition) is 2. The quantitative estimate of drug-likeness (QED) is 0.774. The number of amides is 1. The van der Waals surface area contributed by atoms with Crippen molar-refractivity contribution in [2.75, 3.05) is 7.11 Å². The summed E-state index contributed by atoms with van der Waals surface area (Å²) in [6, 6.07) is 15.6. The molecule has 1 aromatic heterocycles. The van der Waals surface area contributed by atoms with Crippen molar-refractivity contribution in [1.82, 2.24) is 10.3 Å². The number of nitrogens with one attached hydrogen (secondary N) is 2. The SMILES string of the molecule is COc1ccc(CNC(=O)c2cc3cc(C)ccc3[nH]2)cc1. The van der Waals surface area contributed by atoms with Crippen molar-refractivity contribution in [3.63, 3.8) is 0 Å². The maximum Gasteiger partial charge on any atom is 0.267 e. The van der Waals surface area contributed by atoms with E-state index in [1.807, 2.05) is 49.4 Å². The zero-order valence-corrected chi connectivity index (χ0v) is 12.6. The zero-order chi connectivity index (χ0) is 15.5. The monoisotopic (exact) mass is 294 g/mol. The van der Waals surface area contributed by atoms with E-state index in [1.54, 1.807) is 7.11 Å². The van der Waals surface area contributed by atoms with Crippen LogP contribution in [0.1, 0.15) is 21.6 Å². The Bertz CT molecular complexity index is 804. The minimum atomic E-state index is -0.107. The largest absolute Gasteiger partial charge is 0.497 e. The van der Waals surface area contributed by atoms with Crippen LogP contribution < -0.4 is 10.1 Å². The molecular formula is C18H18N2O2. The summed E-state index contributed by atoms with van der Waals surface area (Å²) in [5.41, 5.74) is 3.76. The first-order valence-electron chi connectivity index (χ1n) is 7.16. The number of aromatic nitrogens is 1. The highest BCUT2D eigenvalue weighted by Crippen LogP contribution is 2.17. The number of rotatable bonds is 4. The van der Waals surface area contributed by atoms with E-state index in [-0.39, 0.29) is 5.91 Å². The van der Waals surface area contributed by atoms with Crippen LogP contribution >= 0.6 is 0 Å². The van der Waals surface area contributed by atoms with Gasteiger partial charge in [0, 0.05) is 17.4 Å². The summed E-state index contributed by atoms with van der Waals surface area (Å²) in [5, 5.41) is 3.97. The molecule has 0 aliphatic heterocycles. The van der Waals surface area contributed by atoms with Gasteiger partial charge in [0.1, 0.15) is 11.4 Å². The topological polar surface area (TPSA) is 54.1 Å². The summed E-state index contributed by atoms with van der Waals surface area (Å²) in [4.78, 5) is 15.4. The molecule has 0 atom stereocenters. The van der Waals surface area contributed by atoms with Crippen molar-refractivity contribution in [2.24, 2.45) is 0 Å². The highest BCUT2D eigenvalue weighted by atomic mass is 16.5. The van der Waals surface area contributed by atoms with Crippen molar-refractivity contribution >= 4 is 16.8 Å². The first kappa shape index (κ1) is 14.2. The van der Waals surface area contributed by atoms with Gasteiger partial charge >= 0.3 is 0 Å². The molecule has 0 bridgehead atoms.